The van der Waals surface area contributed by atoms with Gasteiger partial charge in [0.15, 0.2) is 0 Å². The maximum absolute atomic E-state index is 5.62. The lowest BCUT2D eigenvalue weighted by atomic mass is 9.71. The molecule has 0 saturated heterocycles. The van der Waals surface area contributed by atoms with E-state index in [1.54, 1.807) is 0 Å². The Balaban J connectivity index is 2.25. The van der Waals surface area contributed by atoms with Gasteiger partial charge in [-0.05, 0) is 46.6 Å². The maximum Gasteiger partial charge on any atom is 0.0233 e. The van der Waals surface area contributed by atoms with Crippen molar-refractivity contribution in [2.24, 2.45) is 0 Å². The first-order valence-corrected chi connectivity index (χ1v) is 8.75. The average molecular weight is 312 g/mol. The molecule has 2 aromatic carbocycles. The second kappa shape index (κ2) is 6.59. The van der Waals surface area contributed by atoms with Crippen LogP contribution in [0.2, 0.25) is 0 Å². The summed E-state index contributed by atoms with van der Waals surface area (Å²) in [6.07, 6.45) is 14.7. The van der Waals surface area contributed by atoms with Gasteiger partial charge in [0, 0.05) is 18.3 Å². The monoisotopic (exact) mass is 312 g/mol. The molecule has 120 valence electrons. The van der Waals surface area contributed by atoms with Gasteiger partial charge in [-0.15, -0.1) is 24.7 Å². The molecule has 0 radical (unpaired) electrons. The molecular formula is C24H24. The van der Waals surface area contributed by atoms with Crippen molar-refractivity contribution in [3.8, 4) is 35.8 Å². The summed E-state index contributed by atoms with van der Waals surface area (Å²) in [6.45, 7) is 4.49. The molecule has 0 amide bonds. The van der Waals surface area contributed by atoms with Gasteiger partial charge in [-0.25, -0.2) is 0 Å². The van der Waals surface area contributed by atoms with Crippen molar-refractivity contribution in [3.63, 3.8) is 0 Å². The summed E-state index contributed by atoms with van der Waals surface area (Å²) in [6, 6.07) is 15.7. The van der Waals surface area contributed by atoms with Gasteiger partial charge in [-0.2, -0.15) is 0 Å². The van der Waals surface area contributed by atoms with Crippen molar-refractivity contribution in [2.45, 2.75) is 50.9 Å². The molecule has 1 aliphatic rings. The van der Waals surface area contributed by atoms with Crippen LogP contribution in [0.1, 0.15) is 62.1 Å². The van der Waals surface area contributed by atoms with Crippen LogP contribution in [0.5, 0.6) is 0 Å². The van der Waals surface area contributed by atoms with Gasteiger partial charge in [0.25, 0.3) is 0 Å². The average Bonchev–Trinajstić information content (AvgIpc) is 2.88. The highest BCUT2D eigenvalue weighted by atomic mass is 14.4. The van der Waals surface area contributed by atoms with Gasteiger partial charge in [-0.1, -0.05) is 56.3 Å². The summed E-state index contributed by atoms with van der Waals surface area (Å²) in [4.78, 5) is 0. The van der Waals surface area contributed by atoms with Crippen molar-refractivity contribution < 1.29 is 0 Å². The van der Waals surface area contributed by atoms with Gasteiger partial charge in [-0.3, -0.25) is 0 Å². The fourth-order valence-corrected chi connectivity index (χ4v) is 4.07. The van der Waals surface area contributed by atoms with E-state index in [1.165, 1.54) is 27.8 Å². The minimum absolute atomic E-state index is 0.0461. The minimum Gasteiger partial charge on any atom is -0.120 e. The predicted molar refractivity (Wildman–Crippen MR) is 103 cm³/mol. The Kier molecular flexibility index (Phi) is 4.51. The van der Waals surface area contributed by atoms with E-state index < -0.39 is 0 Å². The lowest BCUT2D eigenvalue weighted by Crippen LogP contribution is -2.25. The molecule has 0 N–H and O–H groups in total. The third-order valence-corrected chi connectivity index (χ3v) is 5.35. The minimum atomic E-state index is -0.0461. The second-order valence-corrected chi connectivity index (χ2v) is 7.00. The highest BCUT2D eigenvalue weighted by molar-refractivity contribution is 5.81. The molecule has 0 saturated carbocycles. The van der Waals surface area contributed by atoms with Gasteiger partial charge in [0.1, 0.15) is 0 Å². The molecule has 0 nitrogen and oxygen atoms in total. The number of benzene rings is 2. The SMILES string of the molecule is C#CCCC1(CCC#C)c2ccccc2-c2ccc(C(C)C)cc21. The first-order chi connectivity index (χ1) is 11.6. The topological polar surface area (TPSA) is 0 Å². The highest BCUT2D eigenvalue weighted by Crippen LogP contribution is 2.54. The van der Waals surface area contributed by atoms with Crippen molar-refractivity contribution in [3.05, 3.63) is 59.2 Å². The molecule has 2 aromatic rings. The molecule has 0 spiro atoms. The Morgan fingerprint density at radius 2 is 1.50 bits per heavy atom. The van der Waals surface area contributed by atoms with E-state index in [0.717, 1.165) is 25.7 Å². The van der Waals surface area contributed by atoms with E-state index in [2.05, 4.69) is 68.2 Å². The molecular weight excluding hydrogens is 288 g/mol. The standard InChI is InChI=1S/C24H24/c1-5-7-15-24(16-8-6-2)22-12-10-9-11-20(22)21-14-13-19(18(3)4)17-23(21)24/h1-2,9-14,17-18H,7-8,15-16H2,3-4H3. The molecule has 0 aromatic heterocycles. The van der Waals surface area contributed by atoms with E-state index in [-0.39, 0.29) is 5.41 Å². The van der Waals surface area contributed by atoms with Crippen molar-refractivity contribution in [1.29, 1.82) is 0 Å². The van der Waals surface area contributed by atoms with Crippen LogP contribution in [-0.2, 0) is 5.41 Å². The zero-order chi connectivity index (χ0) is 17.2. The second-order valence-electron chi connectivity index (χ2n) is 7.00. The van der Waals surface area contributed by atoms with Crippen molar-refractivity contribution in [1.82, 2.24) is 0 Å². The molecule has 0 aliphatic heterocycles. The zero-order valence-electron chi connectivity index (χ0n) is 14.6. The maximum atomic E-state index is 5.62. The van der Waals surface area contributed by atoms with Crippen LogP contribution < -0.4 is 0 Å². The fraction of sp³-hybridized carbons (Fsp3) is 0.333. The third kappa shape index (κ3) is 2.53. The summed E-state index contributed by atoms with van der Waals surface area (Å²) < 4.78 is 0. The summed E-state index contributed by atoms with van der Waals surface area (Å²) in [5.74, 6) is 6.20. The molecule has 0 bridgehead atoms. The number of fused-ring (bicyclic) bond motifs is 3. The van der Waals surface area contributed by atoms with Crippen LogP contribution in [0.4, 0.5) is 0 Å². The first kappa shape index (κ1) is 16.4. The number of hydrogen-bond acceptors (Lipinski definition) is 0. The molecule has 0 fully saturated rings. The van der Waals surface area contributed by atoms with Crippen LogP contribution in [0.25, 0.3) is 11.1 Å². The summed E-state index contributed by atoms with van der Waals surface area (Å²) >= 11 is 0. The molecule has 3 rings (SSSR count). The quantitative estimate of drug-likeness (QED) is 0.603. The van der Waals surface area contributed by atoms with Crippen LogP contribution in [-0.4, -0.2) is 0 Å². The van der Waals surface area contributed by atoms with Gasteiger partial charge in [0.2, 0.25) is 0 Å². The normalized spacial score (nSPS) is 13.9. The Morgan fingerprint density at radius 3 is 2.12 bits per heavy atom. The summed E-state index contributed by atoms with van der Waals surface area (Å²) in [5, 5.41) is 0. The molecule has 0 heteroatoms. The Morgan fingerprint density at radius 1 is 0.875 bits per heavy atom. The third-order valence-electron chi connectivity index (χ3n) is 5.35. The lowest BCUT2D eigenvalue weighted by Gasteiger charge is -2.32. The molecule has 24 heavy (non-hydrogen) atoms. The first-order valence-electron chi connectivity index (χ1n) is 8.75. The molecule has 1 aliphatic carbocycles. The predicted octanol–water partition coefficient (Wildman–Crippen LogP) is 5.90. The largest absolute Gasteiger partial charge is 0.120 e. The molecule has 0 unspecified atom stereocenters. The summed E-state index contributed by atoms with van der Waals surface area (Å²) in [7, 11) is 0. The zero-order valence-corrected chi connectivity index (χ0v) is 14.6. The Labute approximate surface area is 146 Å². The molecule has 0 atom stereocenters. The van der Waals surface area contributed by atoms with Crippen LogP contribution in [0, 0.1) is 24.7 Å². The summed E-state index contributed by atoms with van der Waals surface area (Å²) in [5.41, 5.74) is 6.84. The van der Waals surface area contributed by atoms with Crippen LogP contribution in [0.3, 0.4) is 0 Å². The lowest BCUT2D eigenvalue weighted by molar-refractivity contribution is 0.459. The van der Waals surface area contributed by atoms with Gasteiger partial charge >= 0.3 is 0 Å². The van der Waals surface area contributed by atoms with Crippen LogP contribution in [0.15, 0.2) is 42.5 Å². The van der Waals surface area contributed by atoms with Crippen LogP contribution >= 0.6 is 0 Å². The van der Waals surface area contributed by atoms with E-state index in [9.17, 15) is 0 Å². The highest BCUT2D eigenvalue weighted by Gasteiger charge is 2.42. The smallest absolute Gasteiger partial charge is 0.0233 e. The van der Waals surface area contributed by atoms with E-state index in [0.29, 0.717) is 5.92 Å². The van der Waals surface area contributed by atoms with Gasteiger partial charge < -0.3 is 0 Å². The Bertz CT molecular complexity index is 806. The van der Waals surface area contributed by atoms with E-state index in [1.807, 2.05) is 0 Å². The van der Waals surface area contributed by atoms with Gasteiger partial charge in [0.05, 0.1) is 0 Å². The molecule has 0 heterocycles. The number of hydrogen-bond donors (Lipinski definition) is 0. The number of terminal acetylenes is 2. The van der Waals surface area contributed by atoms with E-state index in [4.69, 9.17) is 12.8 Å². The number of rotatable bonds is 5. The van der Waals surface area contributed by atoms with E-state index >= 15 is 0 Å². The Hall–Kier alpha value is -2.44. The fourth-order valence-electron chi connectivity index (χ4n) is 4.07. The van der Waals surface area contributed by atoms with Crippen molar-refractivity contribution in [2.75, 3.05) is 0 Å². The van der Waals surface area contributed by atoms with Crippen molar-refractivity contribution >= 4 is 0 Å².